The van der Waals surface area contributed by atoms with Crippen molar-refractivity contribution < 1.29 is 31.2 Å². The van der Waals surface area contributed by atoms with Crippen LogP contribution in [0.4, 0.5) is 24.7 Å². The summed E-state index contributed by atoms with van der Waals surface area (Å²) in [6.07, 6.45) is 4.98. The number of sulfone groups is 1. The molecule has 4 rings (SSSR count). The van der Waals surface area contributed by atoms with Crippen LogP contribution in [0, 0.1) is 11.8 Å². The normalized spacial score (nSPS) is 20.5. The van der Waals surface area contributed by atoms with E-state index in [-0.39, 0.29) is 34.0 Å². The van der Waals surface area contributed by atoms with E-state index in [1.807, 2.05) is 4.90 Å². The number of anilines is 2. The van der Waals surface area contributed by atoms with E-state index >= 15 is 0 Å². The molecule has 2 fully saturated rings. The van der Waals surface area contributed by atoms with Crippen LogP contribution in [0.1, 0.15) is 74.2 Å². The van der Waals surface area contributed by atoms with Crippen LogP contribution in [0.15, 0.2) is 41.4 Å². The molecule has 2 aromatic rings. The molecule has 12 heteroatoms. The van der Waals surface area contributed by atoms with Crippen molar-refractivity contribution in [1.29, 1.82) is 0 Å². The van der Waals surface area contributed by atoms with E-state index < -0.39 is 27.5 Å². The summed E-state index contributed by atoms with van der Waals surface area (Å²) in [7, 11) is -3.66. The molecule has 0 bridgehead atoms. The largest absolute Gasteiger partial charge is 0.416 e. The molecule has 1 saturated heterocycles. The molecule has 1 aliphatic carbocycles. The molecule has 2 atom stereocenters. The second-order valence-corrected chi connectivity index (χ2v) is 13.2. The van der Waals surface area contributed by atoms with Gasteiger partial charge in [-0.1, -0.05) is 32.3 Å². The first kappa shape index (κ1) is 30.8. The average Bonchev–Trinajstić information content (AvgIpc) is 2.92. The van der Waals surface area contributed by atoms with Gasteiger partial charge in [0.05, 0.1) is 16.1 Å². The van der Waals surface area contributed by atoms with Crippen LogP contribution >= 0.6 is 0 Å². The van der Waals surface area contributed by atoms with E-state index in [9.17, 15) is 31.2 Å². The molecule has 2 N–H and O–H groups in total. The van der Waals surface area contributed by atoms with Gasteiger partial charge in [-0.25, -0.2) is 13.4 Å². The maximum atomic E-state index is 13.2. The second kappa shape index (κ2) is 12.8. The lowest BCUT2D eigenvalue weighted by atomic mass is 9.84. The molecule has 0 radical (unpaired) electrons. The fraction of sp³-hybridized carbons (Fsp3) is 0.552. The predicted molar refractivity (Wildman–Crippen MR) is 150 cm³/mol. The van der Waals surface area contributed by atoms with Crippen molar-refractivity contribution in [3.63, 3.8) is 0 Å². The van der Waals surface area contributed by atoms with Crippen LogP contribution in [-0.2, 0) is 20.8 Å². The van der Waals surface area contributed by atoms with Crippen LogP contribution in [0.25, 0.3) is 0 Å². The van der Waals surface area contributed by atoms with E-state index in [1.54, 1.807) is 0 Å². The molecular formula is C29H37F3N4O4S. The highest BCUT2D eigenvalue weighted by molar-refractivity contribution is 7.90. The smallest absolute Gasteiger partial charge is 0.355 e. The van der Waals surface area contributed by atoms with Crippen molar-refractivity contribution >= 4 is 33.2 Å². The highest BCUT2D eigenvalue weighted by Gasteiger charge is 2.31. The first-order valence-electron chi connectivity index (χ1n) is 14.1. The highest BCUT2D eigenvalue weighted by atomic mass is 32.2. The number of hydrogen-bond donors (Lipinski definition) is 2. The molecule has 2 aliphatic rings. The number of amides is 2. The van der Waals surface area contributed by atoms with Gasteiger partial charge in [0.2, 0.25) is 5.91 Å². The molecule has 2 unspecified atom stereocenters. The number of hydrogen-bond acceptors (Lipinski definition) is 6. The number of nitrogens with one attached hydrogen (secondary N) is 2. The number of carbonyl (C=O) groups excluding carboxylic acids is 2. The Morgan fingerprint density at radius 2 is 1.80 bits per heavy atom. The van der Waals surface area contributed by atoms with Crippen LogP contribution < -0.4 is 15.5 Å². The number of halogens is 3. The summed E-state index contributed by atoms with van der Waals surface area (Å²) in [6.45, 7) is 3.24. The Bertz CT molecular complexity index is 1360. The monoisotopic (exact) mass is 594 g/mol. The zero-order valence-electron chi connectivity index (χ0n) is 23.3. The van der Waals surface area contributed by atoms with Crippen molar-refractivity contribution in [3.8, 4) is 0 Å². The van der Waals surface area contributed by atoms with Gasteiger partial charge in [0.1, 0.15) is 0 Å². The van der Waals surface area contributed by atoms with Crippen molar-refractivity contribution in [2.24, 2.45) is 11.8 Å². The van der Waals surface area contributed by atoms with Crippen molar-refractivity contribution in [2.75, 3.05) is 29.6 Å². The van der Waals surface area contributed by atoms with Gasteiger partial charge >= 0.3 is 6.18 Å². The molecule has 1 saturated carbocycles. The first-order chi connectivity index (χ1) is 19.3. The van der Waals surface area contributed by atoms with Gasteiger partial charge in [-0.15, -0.1) is 0 Å². The Balaban J connectivity index is 1.43. The molecule has 1 aliphatic heterocycles. The second-order valence-electron chi connectivity index (χ2n) is 11.2. The summed E-state index contributed by atoms with van der Waals surface area (Å²) in [5, 5.41) is 5.79. The zero-order valence-corrected chi connectivity index (χ0v) is 24.2. The number of nitrogens with zero attached hydrogens (tertiary/aromatic N) is 2. The summed E-state index contributed by atoms with van der Waals surface area (Å²) in [5.41, 5.74) is -1.09. The Labute approximate surface area is 239 Å². The molecule has 224 valence electrons. The van der Waals surface area contributed by atoms with Crippen LogP contribution in [0.3, 0.4) is 0 Å². The van der Waals surface area contributed by atoms with E-state index in [4.69, 9.17) is 0 Å². The zero-order chi connectivity index (χ0) is 29.8. The van der Waals surface area contributed by atoms with Gasteiger partial charge in [-0.3, -0.25) is 9.59 Å². The molecular weight excluding hydrogens is 557 g/mol. The fourth-order valence-corrected chi connectivity index (χ4v) is 6.28. The number of alkyl halides is 3. The molecule has 2 heterocycles. The van der Waals surface area contributed by atoms with Crippen molar-refractivity contribution in [2.45, 2.75) is 75.4 Å². The standard InChI is InChI=1S/C29H37F3N4O4S/c1-3-19-6-4-9-23(14-19)34-26(37)15-20-10-12-36(13-11-20)27-25(17-24(18-33-27)41(2,39)40)35-28(38)21-7-5-8-22(16-21)29(30,31)32/h5,7-8,16-20,23H,3-4,6,9-15H2,1-2H3,(H,34,37)(H,35,38). The number of piperidine rings is 1. The van der Waals surface area contributed by atoms with Crippen molar-refractivity contribution in [3.05, 3.63) is 47.7 Å². The minimum Gasteiger partial charge on any atom is -0.355 e. The first-order valence-corrected chi connectivity index (χ1v) is 16.0. The van der Waals surface area contributed by atoms with Crippen LogP contribution in [0.2, 0.25) is 0 Å². The summed E-state index contributed by atoms with van der Waals surface area (Å²) >= 11 is 0. The third kappa shape index (κ3) is 8.21. The number of aromatic nitrogens is 1. The van der Waals surface area contributed by atoms with Gasteiger partial charge in [0, 0.05) is 43.6 Å². The Morgan fingerprint density at radius 3 is 2.46 bits per heavy atom. The molecule has 1 aromatic heterocycles. The topological polar surface area (TPSA) is 108 Å². The lowest BCUT2D eigenvalue weighted by Gasteiger charge is -2.34. The van der Waals surface area contributed by atoms with E-state index in [1.165, 1.54) is 24.8 Å². The number of rotatable bonds is 8. The fourth-order valence-electron chi connectivity index (χ4n) is 5.71. The Morgan fingerprint density at radius 1 is 1.07 bits per heavy atom. The molecule has 1 aromatic carbocycles. The molecule has 41 heavy (non-hydrogen) atoms. The van der Waals surface area contributed by atoms with Crippen LogP contribution in [0.5, 0.6) is 0 Å². The van der Waals surface area contributed by atoms with E-state index in [0.29, 0.717) is 44.1 Å². The third-order valence-corrected chi connectivity index (χ3v) is 9.16. The number of carbonyl (C=O) groups is 2. The summed E-state index contributed by atoms with van der Waals surface area (Å²) in [5.74, 6) is 0.421. The van der Waals surface area contributed by atoms with Gasteiger partial charge < -0.3 is 15.5 Å². The Hall–Kier alpha value is -3.15. The highest BCUT2D eigenvalue weighted by Crippen LogP contribution is 2.33. The van der Waals surface area contributed by atoms with Crippen molar-refractivity contribution in [1.82, 2.24) is 10.3 Å². The summed E-state index contributed by atoms with van der Waals surface area (Å²) in [6, 6.07) is 5.52. The third-order valence-electron chi connectivity index (χ3n) is 8.08. The molecule has 0 spiro atoms. The maximum absolute atomic E-state index is 13.2. The predicted octanol–water partition coefficient (Wildman–Crippen LogP) is 5.45. The minimum absolute atomic E-state index is 0.0647. The minimum atomic E-state index is -4.62. The van der Waals surface area contributed by atoms with Crippen LogP contribution in [-0.4, -0.2) is 50.6 Å². The average molecular weight is 595 g/mol. The number of benzene rings is 1. The quantitative estimate of drug-likeness (QED) is 0.421. The maximum Gasteiger partial charge on any atom is 0.416 e. The van der Waals surface area contributed by atoms with Gasteiger partial charge in [-0.05, 0) is 61.8 Å². The SMILES string of the molecule is CCC1CCCC(NC(=O)CC2CCN(c3ncc(S(C)(=O)=O)cc3NC(=O)c3cccc(C(F)(F)F)c3)CC2)C1. The van der Waals surface area contributed by atoms with Gasteiger partial charge in [-0.2, -0.15) is 13.2 Å². The number of pyridine rings is 1. The van der Waals surface area contributed by atoms with E-state index in [0.717, 1.165) is 50.1 Å². The lowest BCUT2D eigenvalue weighted by molar-refractivity contribution is -0.137. The van der Waals surface area contributed by atoms with Gasteiger partial charge in [0.25, 0.3) is 5.91 Å². The molecule has 8 nitrogen and oxygen atoms in total. The van der Waals surface area contributed by atoms with E-state index in [2.05, 4.69) is 22.5 Å². The van der Waals surface area contributed by atoms with Gasteiger partial charge in [0.15, 0.2) is 15.7 Å². The lowest BCUT2D eigenvalue weighted by Crippen LogP contribution is -2.41. The summed E-state index contributed by atoms with van der Waals surface area (Å²) < 4.78 is 63.9. The summed E-state index contributed by atoms with van der Waals surface area (Å²) in [4.78, 5) is 31.8. The molecule has 2 amide bonds. The Kier molecular flexibility index (Phi) is 9.61.